The monoisotopic (exact) mass is 602 g/mol. The minimum Gasteiger partial charge on any atom is -0.377 e. The van der Waals surface area contributed by atoms with Gasteiger partial charge in [0.15, 0.2) is 0 Å². The van der Waals surface area contributed by atoms with Gasteiger partial charge in [-0.3, -0.25) is 24.8 Å². The molecule has 5 rings (SSSR count). The first-order valence-electron chi connectivity index (χ1n) is 14.3. The first-order valence-corrected chi connectivity index (χ1v) is 14.3. The van der Waals surface area contributed by atoms with E-state index in [-0.39, 0.29) is 11.8 Å². The minimum atomic E-state index is -0.393. The predicted octanol–water partition coefficient (Wildman–Crippen LogP) is 4.90. The standard InChI is InChI=1S/C34H34N8O3/c1-36-31(35)14-15-37-33(44)29-17-27(21-41(29)2)40-34(45)30-18-26(20-42(30)3)39-32(43)24-12-10-22(11-13-24)8-9-23-16-25-6-4-5-7-28(25)38-19-23/h4-13,16-21H,14-15H2,1-3H3,(H2,35,36)(H,37,44)(H,39,43)(H,40,45)/b9-8+. The van der Waals surface area contributed by atoms with Crippen molar-refractivity contribution in [1.29, 1.82) is 5.41 Å². The summed E-state index contributed by atoms with van der Waals surface area (Å²) in [6.07, 6.45) is 9.47. The Hall–Kier alpha value is -5.97. The minimum absolute atomic E-state index is 0.301. The van der Waals surface area contributed by atoms with Gasteiger partial charge in [-0.1, -0.05) is 42.5 Å². The van der Waals surface area contributed by atoms with E-state index in [0.29, 0.717) is 47.1 Å². The summed E-state index contributed by atoms with van der Waals surface area (Å²) in [5, 5.41) is 19.8. The Morgan fingerprint density at radius 1 is 0.800 bits per heavy atom. The Labute approximate surface area is 260 Å². The maximum atomic E-state index is 13.0. The van der Waals surface area contributed by atoms with Gasteiger partial charge in [0.05, 0.1) is 22.7 Å². The molecule has 0 spiro atoms. The molecular formula is C34H34N8O3. The van der Waals surface area contributed by atoms with Crippen molar-refractivity contribution in [2.75, 3.05) is 24.2 Å². The van der Waals surface area contributed by atoms with Gasteiger partial charge < -0.3 is 30.4 Å². The molecule has 0 unspecified atom stereocenters. The number of aromatic nitrogens is 3. The van der Waals surface area contributed by atoms with Crippen molar-refractivity contribution in [3.05, 3.63) is 113 Å². The zero-order chi connectivity index (χ0) is 31.9. The van der Waals surface area contributed by atoms with E-state index in [2.05, 4.69) is 32.3 Å². The maximum Gasteiger partial charge on any atom is 0.272 e. The number of fused-ring (bicyclic) bond motifs is 1. The third-order valence-corrected chi connectivity index (χ3v) is 7.21. The molecule has 5 aromatic rings. The summed E-state index contributed by atoms with van der Waals surface area (Å²) in [5.74, 6) is -0.677. The molecule has 3 aromatic heterocycles. The molecule has 0 radical (unpaired) electrons. The quantitative estimate of drug-likeness (QED) is 0.114. The number of benzene rings is 2. The lowest BCUT2D eigenvalue weighted by Gasteiger charge is -2.06. The Morgan fingerprint density at radius 3 is 2.11 bits per heavy atom. The highest BCUT2D eigenvalue weighted by Gasteiger charge is 2.17. The van der Waals surface area contributed by atoms with E-state index in [4.69, 9.17) is 5.41 Å². The Morgan fingerprint density at radius 2 is 1.42 bits per heavy atom. The fourth-order valence-electron chi connectivity index (χ4n) is 4.75. The molecule has 0 saturated carbocycles. The molecule has 0 aliphatic carbocycles. The van der Waals surface area contributed by atoms with Gasteiger partial charge in [0.2, 0.25) is 0 Å². The average molecular weight is 603 g/mol. The maximum absolute atomic E-state index is 13.0. The molecule has 2 aromatic carbocycles. The number of nitrogens with one attached hydrogen (secondary N) is 5. The number of nitrogens with zero attached hydrogens (tertiary/aromatic N) is 3. The van der Waals surface area contributed by atoms with E-state index in [1.807, 2.05) is 54.7 Å². The van der Waals surface area contributed by atoms with Crippen LogP contribution in [0.25, 0.3) is 23.1 Å². The number of aryl methyl sites for hydroxylation is 2. The molecule has 0 bridgehead atoms. The number of hydrogen-bond acceptors (Lipinski definition) is 5. The average Bonchev–Trinajstić information content (AvgIpc) is 3.60. The predicted molar refractivity (Wildman–Crippen MR) is 178 cm³/mol. The van der Waals surface area contributed by atoms with E-state index in [9.17, 15) is 14.4 Å². The number of pyridine rings is 1. The molecule has 5 N–H and O–H groups in total. The van der Waals surface area contributed by atoms with Gasteiger partial charge in [-0.05, 0) is 47.5 Å². The van der Waals surface area contributed by atoms with Crippen molar-refractivity contribution in [2.45, 2.75) is 6.42 Å². The first-order chi connectivity index (χ1) is 21.7. The molecule has 0 aliphatic rings. The highest BCUT2D eigenvalue weighted by Crippen LogP contribution is 2.19. The van der Waals surface area contributed by atoms with E-state index in [0.717, 1.165) is 22.0 Å². The zero-order valence-electron chi connectivity index (χ0n) is 25.2. The van der Waals surface area contributed by atoms with E-state index in [1.165, 1.54) is 0 Å². The van der Waals surface area contributed by atoms with Crippen LogP contribution in [0, 0.1) is 5.41 Å². The molecule has 11 heteroatoms. The van der Waals surface area contributed by atoms with E-state index >= 15 is 0 Å². The van der Waals surface area contributed by atoms with Gasteiger partial charge in [-0.2, -0.15) is 0 Å². The second-order valence-electron chi connectivity index (χ2n) is 10.5. The molecule has 0 saturated heterocycles. The molecule has 45 heavy (non-hydrogen) atoms. The topological polar surface area (TPSA) is 146 Å². The van der Waals surface area contributed by atoms with Crippen molar-refractivity contribution in [1.82, 2.24) is 24.8 Å². The summed E-state index contributed by atoms with van der Waals surface area (Å²) in [4.78, 5) is 43.0. The van der Waals surface area contributed by atoms with Gasteiger partial charge in [0.1, 0.15) is 11.4 Å². The molecule has 0 atom stereocenters. The van der Waals surface area contributed by atoms with E-state index < -0.39 is 5.91 Å². The number of carbonyl (C=O) groups excluding carboxylic acids is 3. The third-order valence-electron chi connectivity index (χ3n) is 7.21. The number of rotatable bonds is 10. The van der Waals surface area contributed by atoms with Crippen molar-refractivity contribution in [2.24, 2.45) is 14.1 Å². The van der Waals surface area contributed by atoms with Crippen LogP contribution >= 0.6 is 0 Å². The molecule has 3 heterocycles. The molecule has 11 nitrogen and oxygen atoms in total. The van der Waals surface area contributed by atoms with Gasteiger partial charge >= 0.3 is 0 Å². The van der Waals surface area contributed by atoms with Crippen LogP contribution in [-0.4, -0.2) is 51.3 Å². The van der Waals surface area contributed by atoms with Crippen LogP contribution in [0.5, 0.6) is 0 Å². The van der Waals surface area contributed by atoms with Crippen molar-refractivity contribution < 1.29 is 14.4 Å². The summed E-state index contributed by atoms with van der Waals surface area (Å²) in [7, 11) is 5.08. The summed E-state index contributed by atoms with van der Waals surface area (Å²) >= 11 is 0. The Bertz CT molecular complexity index is 1920. The van der Waals surface area contributed by atoms with Crippen LogP contribution in [0.15, 0.2) is 85.3 Å². The largest absolute Gasteiger partial charge is 0.377 e. The lowest BCUT2D eigenvalue weighted by molar-refractivity contribution is 0.0945. The van der Waals surface area contributed by atoms with Crippen LogP contribution in [0.2, 0.25) is 0 Å². The van der Waals surface area contributed by atoms with Crippen molar-refractivity contribution in [3.8, 4) is 0 Å². The molecular weight excluding hydrogens is 568 g/mol. The second-order valence-corrected chi connectivity index (χ2v) is 10.5. The Balaban J connectivity index is 1.17. The smallest absolute Gasteiger partial charge is 0.272 e. The fourth-order valence-corrected chi connectivity index (χ4v) is 4.75. The van der Waals surface area contributed by atoms with Crippen molar-refractivity contribution >= 4 is 58.0 Å². The number of para-hydroxylation sites is 1. The molecule has 3 amide bonds. The number of hydrogen-bond donors (Lipinski definition) is 5. The fraction of sp³-hybridized carbons (Fsp3) is 0.147. The lowest BCUT2D eigenvalue weighted by Crippen LogP contribution is -2.29. The number of amides is 3. The van der Waals surface area contributed by atoms with Gasteiger partial charge in [-0.25, -0.2) is 0 Å². The van der Waals surface area contributed by atoms with Crippen LogP contribution in [0.1, 0.15) is 48.9 Å². The van der Waals surface area contributed by atoms with Crippen LogP contribution in [-0.2, 0) is 14.1 Å². The summed E-state index contributed by atoms with van der Waals surface area (Å²) in [5.41, 5.74) is 4.97. The lowest BCUT2D eigenvalue weighted by atomic mass is 10.1. The number of amidine groups is 1. The molecule has 0 aliphatic heterocycles. The highest BCUT2D eigenvalue weighted by atomic mass is 16.2. The van der Waals surface area contributed by atoms with E-state index in [1.54, 1.807) is 66.9 Å². The van der Waals surface area contributed by atoms with Gasteiger partial charge in [0, 0.05) is 63.6 Å². The highest BCUT2D eigenvalue weighted by molar-refractivity contribution is 6.07. The van der Waals surface area contributed by atoms with Crippen LogP contribution < -0.4 is 21.3 Å². The SMILES string of the molecule is CNC(=N)CCNC(=O)c1cc(NC(=O)c2cc(NC(=O)c3ccc(/C=C/c4cnc5ccccc5c4)cc3)cn2C)cn1C. The normalized spacial score (nSPS) is 11.0. The summed E-state index contributed by atoms with van der Waals surface area (Å²) in [6, 6.07) is 20.4. The Kier molecular flexibility index (Phi) is 9.18. The third kappa shape index (κ3) is 7.52. The van der Waals surface area contributed by atoms with Crippen LogP contribution in [0.3, 0.4) is 0 Å². The summed E-state index contributed by atoms with van der Waals surface area (Å²) < 4.78 is 3.24. The molecule has 0 fully saturated rings. The first kappa shape index (κ1) is 30.5. The van der Waals surface area contributed by atoms with Crippen LogP contribution in [0.4, 0.5) is 11.4 Å². The molecule has 228 valence electrons. The zero-order valence-corrected chi connectivity index (χ0v) is 25.2. The van der Waals surface area contributed by atoms with Crippen molar-refractivity contribution in [3.63, 3.8) is 0 Å². The van der Waals surface area contributed by atoms with Gasteiger partial charge in [-0.15, -0.1) is 0 Å². The number of anilines is 2. The number of carbonyl (C=O) groups is 3. The van der Waals surface area contributed by atoms with Gasteiger partial charge in [0.25, 0.3) is 17.7 Å². The second kappa shape index (κ2) is 13.6. The summed E-state index contributed by atoms with van der Waals surface area (Å²) in [6.45, 7) is 0.314.